The number of anilines is 2. The molecule has 0 aliphatic carbocycles. The van der Waals surface area contributed by atoms with Crippen molar-refractivity contribution in [3.8, 4) is 0 Å². The van der Waals surface area contributed by atoms with Crippen molar-refractivity contribution in [1.29, 1.82) is 0 Å². The van der Waals surface area contributed by atoms with E-state index in [1.54, 1.807) is 49.4 Å². The minimum atomic E-state index is -3.96. The number of benzene rings is 3. The van der Waals surface area contributed by atoms with Crippen molar-refractivity contribution in [1.82, 2.24) is 0 Å². The molecule has 0 unspecified atom stereocenters. The Morgan fingerprint density at radius 2 is 1.59 bits per heavy atom. The summed E-state index contributed by atoms with van der Waals surface area (Å²) >= 11 is 6.10. The van der Waals surface area contributed by atoms with E-state index in [0.717, 1.165) is 5.56 Å². The van der Waals surface area contributed by atoms with Crippen LogP contribution in [0.5, 0.6) is 0 Å². The van der Waals surface area contributed by atoms with Gasteiger partial charge in [-0.2, -0.15) is 0 Å². The van der Waals surface area contributed by atoms with Gasteiger partial charge in [-0.15, -0.1) is 0 Å². The number of nitrogens with one attached hydrogen (secondary N) is 2. The van der Waals surface area contributed by atoms with E-state index < -0.39 is 15.9 Å². The number of amides is 1. The third-order valence-corrected chi connectivity index (χ3v) is 5.75. The van der Waals surface area contributed by atoms with Gasteiger partial charge in [0, 0.05) is 11.3 Å². The lowest BCUT2D eigenvalue weighted by atomic mass is 10.2. The molecule has 0 saturated heterocycles. The summed E-state index contributed by atoms with van der Waals surface area (Å²) in [6.45, 7) is 1.79. The van der Waals surface area contributed by atoms with Crippen molar-refractivity contribution < 1.29 is 13.2 Å². The maximum Gasteiger partial charge on any atom is 0.263 e. The Bertz CT molecular complexity index is 1080. The Hall–Kier alpha value is -2.83. The van der Waals surface area contributed by atoms with E-state index >= 15 is 0 Å². The van der Waals surface area contributed by atoms with Gasteiger partial charge >= 0.3 is 0 Å². The fraction of sp³-hybridized carbons (Fsp3) is 0.0500. The third-order valence-electron chi connectivity index (χ3n) is 3.90. The Balaban J connectivity index is 1.90. The van der Waals surface area contributed by atoms with Gasteiger partial charge in [-0.25, -0.2) is 8.42 Å². The largest absolute Gasteiger partial charge is 0.322 e. The van der Waals surface area contributed by atoms with E-state index in [1.807, 2.05) is 12.1 Å². The van der Waals surface area contributed by atoms with Gasteiger partial charge in [0.25, 0.3) is 15.9 Å². The molecule has 138 valence electrons. The van der Waals surface area contributed by atoms with Crippen LogP contribution in [0.4, 0.5) is 11.4 Å². The molecule has 27 heavy (non-hydrogen) atoms. The minimum Gasteiger partial charge on any atom is -0.322 e. The molecule has 3 rings (SSSR count). The summed E-state index contributed by atoms with van der Waals surface area (Å²) in [6, 6.07) is 20.0. The summed E-state index contributed by atoms with van der Waals surface area (Å²) in [5.74, 6) is -0.426. The first kappa shape index (κ1) is 18.9. The summed E-state index contributed by atoms with van der Waals surface area (Å²) in [7, 11) is -3.96. The highest BCUT2D eigenvalue weighted by atomic mass is 35.5. The number of para-hydroxylation sites is 2. The topological polar surface area (TPSA) is 75.3 Å². The van der Waals surface area contributed by atoms with Gasteiger partial charge in [0.2, 0.25) is 0 Å². The SMILES string of the molecule is Cc1ccccc1NS(=O)(=O)c1cc(C(=O)Nc2ccccc2)ccc1Cl. The molecule has 3 aromatic rings. The number of carbonyl (C=O) groups is 1. The van der Waals surface area contributed by atoms with Gasteiger partial charge in [-0.05, 0) is 48.9 Å². The standard InChI is InChI=1S/C20H17ClN2O3S/c1-14-7-5-6-10-18(14)23-27(25,26)19-13-15(11-12-17(19)21)20(24)22-16-8-3-2-4-9-16/h2-13,23H,1H3,(H,22,24). The highest BCUT2D eigenvalue weighted by Crippen LogP contribution is 2.26. The highest BCUT2D eigenvalue weighted by Gasteiger charge is 2.21. The van der Waals surface area contributed by atoms with Gasteiger partial charge in [0.1, 0.15) is 4.90 Å². The Labute approximate surface area is 163 Å². The molecule has 7 heteroatoms. The van der Waals surface area contributed by atoms with Crippen LogP contribution < -0.4 is 10.0 Å². The lowest BCUT2D eigenvalue weighted by Crippen LogP contribution is -2.17. The number of rotatable bonds is 5. The first-order chi connectivity index (χ1) is 12.9. The number of sulfonamides is 1. The van der Waals surface area contributed by atoms with Gasteiger partial charge < -0.3 is 5.32 Å². The van der Waals surface area contributed by atoms with Crippen LogP contribution in [0.25, 0.3) is 0 Å². The zero-order chi connectivity index (χ0) is 19.4. The molecule has 0 heterocycles. The zero-order valence-electron chi connectivity index (χ0n) is 14.4. The van der Waals surface area contributed by atoms with E-state index in [2.05, 4.69) is 10.0 Å². The Morgan fingerprint density at radius 1 is 0.926 bits per heavy atom. The molecular formula is C20H17ClN2O3S. The molecule has 0 aliphatic rings. The molecule has 0 aromatic heterocycles. The average Bonchev–Trinajstić information content (AvgIpc) is 2.64. The van der Waals surface area contributed by atoms with Gasteiger partial charge in [-0.3, -0.25) is 9.52 Å². The van der Waals surface area contributed by atoms with Crippen LogP contribution in [0.1, 0.15) is 15.9 Å². The number of hydrogen-bond acceptors (Lipinski definition) is 3. The monoisotopic (exact) mass is 400 g/mol. The predicted molar refractivity (Wildman–Crippen MR) is 108 cm³/mol. The van der Waals surface area contributed by atoms with Crippen molar-refractivity contribution in [2.24, 2.45) is 0 Å². The van der Waals surface area contributed by atoms with Crippen LogP contribution >= 0.6 is 11.6 Å². The van der Waals surface area contributed by atoms with Crippen molar-refractivity contribution in [3.63, 3.8) is 0 Å². The maximum atomic E-state index is 12.8. The minimum absolute atomic E-state index is 0.0346. The predicted octanol–water partition coefficient (Wildman–Crippen LogP) is 4.70. The molecule has 3 aromatic carbocycles. The van der Waals surface area contributed by atoms with Crippen molar-refractivity contribution in [2.45, 2.75) is 11.8 Å². The maximum absolute atomic E-state index is 12.8. The molecule has 0 spiro atoms. The molecule has 0 atom stereocenters. The summed E-state index contributed by atoms with van der Waals surface area (Å²) in [4.78, 5) is 12.3. The number of halogens is 1. The molecule has 0 fully saturated rings. The highest BCUT2D eigenvalue weighted by molar-refractivity contribution is 7.92. The normalized spacial score (nSPS) is 11.0. The molecule has 2 N–H and O–H groups in total. The zero-order valence-corrected chi connectivity index (χ0v) is 16.0. The molecule has 0 bridgehead atoms. The second kappa shape index (κ2) is 7.82. The summed E-state index contributed by atoms with van der Waals surface area (Å²) < 4.78 is 28.1. The van der Waals surface area contributed by atoms with Crippen molar-refractivity contribution >= 4 is 38.9 Å². The molecule has 5 nitrogen and oxygen atoms in total. The molecular weight excluding hydrogens is 384 g/mol. The lowest BCUT2D eigenvalue weighted by Gasteiger charge is -2.13. The number of carbonyl (C=O) groups excluding carboxylic acids is 1. The van der Waals surface area contributed by atoms with Crippen molar-refractivity contribution in [2.75, 3.05) is 10.0 Å². The van der Waals surface area contributed by atoms with E-state index in [4.69, 9.17) is 11.6 Å². The second-order valence-electron chi connectivity index (χ2n) is 5.89. The van der Waals surface area contributed by atoms with Gasteiger partial charge in [-0.1, -0.05) is 48.0 Å². The van der Waals surface area contributed by atoms with Gasteiger partial charge in [0.15, 0.2) is 0 Å². The van der Waals surface area contributed by atoms with E-state index in [9.17, 15) is 13.2 Å². The Kier molecular flexibility index (Phi) is 5.48. The molecule has 0 radical (unpaired) electrons. The molecule has 0 aliphatic heterocycles. The Morgan fingerprint density at radius 3 is 2.30 bits per heavy atom. The first-order valence-electron chi connectivity index (χ1n) is 8.11. The van der Waals surface area contributed by atoms with E-state index in [1.165, 1.54) is 18.2 Å². The number of aryl methyl sites for hydroxylation is 1. The molecule has 1 amide bonds. The second-order valence-corrected chi connectivity index (χ2v) is 7.94. The van der Waals surface area contributed by atoms with Crippen LogP contribution in [0.2, 0.25) is 5.02 Å². The van der Waals surface area contributed by atoms with Crippen LogP contribution in [0, 0.1) is 6.92 Å². The van der Waals surface area contributed by atoms with E-state index in [-0.39, 0.29) is 15.5 Å². The first-order valence-corrected chi connectivity index (χ1v) is 9.97. The lowest BCUT2D eigenvalue weighted by molar-refractivity contribution is 0.102. The summed E-state index contributed by atoms with van der Waals surface area (Å²) in [5.41, 5.74) is 2.02. The number of hydrogen-bond donors (Lipinski definition) is 2. The van der Waals surface area contributed by atoms with Gasteiger partial charge in [0.05, 0.1) is 10.7 Å². The quantitative estimate of drug-likeness (QED) is 0.651. The van der Waals surface area contributed by atoms with Crippen LogP contribution in [-0.2, 0) is 10.0 Å². The average molecular weight is 401 g/mol. The van der Waals surface area contributed by atoms with E-state index in [0.29, 0.717) is 11.4 Å². The summed E-state index contributed by atoms with van der Waals surface area (Å²) in [5, 5.41) is 2.75. The fourth-order valence-electron chi connectivity index (χ4n) is 2.46. The fourth-order valence-corrected chi connectivity index (χ4v) is 4.12. The van der Waals surface area contributed by atoms with Crippen LogP contribution in [-0.4, -0.2) is 14.3 Å². The smallest absolute Gasteiger partial charge is 0.263 e. The summed E-state index contributed by atoms with van der Waals surface area (Å²) in [6.07, 6.45) is 0. The van der Waals surface area contributed by atoms with Crippen molar-refractivity contribution in [3.05, 3.63) is 88.9 Å². The van der Waals surface area contributed by atoms with Crippen LogP contribution in [0.3, 0.4) is 0 Å². The third kappa shape index (κ3) is 4.48. The van der Waals surface area contributed by atoms with Crippen LogP contribution in [0.15, 0.2) is 77.7 Å². The molecule has 0 saturated carbocycles.